The summed E-state index contributed by atoms with van der Waals surface area (Å²) in [5, 5.41) is 10.4. The molecule has 0 amide bonds. The molecule has 0 bridgehead atoms. The number of aryl methyl sites for hydroxylation is 1. The van der Waals surface area contributed by atoms with Crippen LogP contribution in [0.25, 0.3) is 93.2 Å². The van der Waals surface area contributed by atoms with Gasteiger partial charge >= 0.3 is 0 Å². The second-order valence-electron chi connectivity index (χ2n) is 13.6. The third kappa shape index (κ3) is 4.47. The lowest BCUT2D eigenvalue weighted by molar-refractivity contribution is 0.922. The van der Waals surface area contributed by atoms with Crippen molar-refractivity contribution in [3.8, 4) is 39.1 Å². The Balaban J connectivity index is 1.11. The highest BCUT2D eigenvalue weighted by Crippen LogP contribution is 2.43. The maximum absolute atomic E-state index is 2.42. The summed E-state index contributed by atoms with van der Waals surface area (Å²) < 4.78 is 2.42. The van der Waals surface area contributed by atoms with E-state index in [4.69, 9.17) is 0 Å². The average molecular weight is 638 g/mol. The van der Waals surface area contributed by atoms with Crippen LogP contribution in [0.1, 0.15) is 18.9 Å². The van der Waals surface area contributed by atoms with Gasteiger partial charge in [0.25, 0.3) is 0 Å². The lowest BCUT2D eigenvalue weighted by Crippen LogP contribution is -1.94. The minimum Gasteiger partial charge on any atom is -0.309 e. The summed E-state index contributed by atoms with van der Waals surface area (Å²) in [5.41, 5.74) is 12.5. The van der Waals surface area contributed by atoms with E-state index < -0.39 is 0 Å². The molecule has 9 aromatic carbocycles. The van der Waals surface area contributed by atoms with Crippen molar-refractivity contribution >= 4 is 54.1 Å². The fraction of sp³-hybridized carbons (Fsp3) is 0.0612. The molecule has 0 aliphatic heterocycles. The van der Waals surface area contributed by atoms with Gasteiger partial charge in [0.05, 0.1) is 11.0 Å². The number of hydrogen-bond donors (Lipinski definition) is 0. The molecular weight excluding hydrogens is 603 g/mol. The molecule has 0 aliphatic rings. The Bertz CT molecular complexity index is 2840. The third-order valence-corrected chi connectivity index (χ3v) is 10.7. The van der Waals surface area contributed by atoms with E-state index in [2.05, 4.69) is 181 Å². The van der Waals surface area contributed by atoms with Gasteiger partial charge in [0.2, 0.25) is 0 Å². The summed E-state index contributed by atoms with van der Waals surface area (Å²) >= 11 is 0. The van der Waals surface area contributed by atoms with Gasteiger partial charge in [-0.3, -0.25) is 0 Å². The maximum Gasteiger partial charge on any atom is 0.0547 e. The Morgan fingerprint density at radius 2 is 0.940 bits per heavy atom. The van der Waals surface area contributed by atoms with E-state index in [1.54, 1.807) is 0 Å². The van der Waals surface area contributed by atoms with Gasteiger partial charge < -0.3 is 4.57 Å². The minimum atomic E-state index is 1.12. The molecule has 0 unspecified atom stereocenters. The number of para-hydroxylation sites is 1. The predicted molar refractivity (Wildman–Crippen MR) is 215 cm³/mol. The Kier molecular flexibility index (Phi) is 6.60. The molecule has 10 rings (SSSR count). The molecule has 10 aromatic rings. The first-order valence-electron chi connectivity index (χ1n) is 17.7. The molecule has 0 spiro atoms. The van der Waals surface area contributed by atoms with E-state index in [1.807, 2.05) is 0 Å². The Morgan fingerprint density at radius 1 is 0.400 bits per heavy atom. The zero-order valence-electron chi connectivity index (χ0n) is 28.0. The van der Waals surface area contributed by atoms with Crippen molar-refractivity contribution in [1.82, 2.24) is 4.57 Å². The lowest BCUT2D eigenvalue weighted by atomic mass is 9.87. The molecule has 1 heteroatoms. The fourth-order valence-electron chi connectivity index (χ4n) is 8.29. The summed E-state index contributed by atoms with van der Waals surface area (Å²) in [6.07, 6.45) is 2.29. The molecule has 1 aromatic heterocycles. The standard InChI is InChI=1S/C49H35N/c1-2-8-32-13-15-34(16-14-32)40-26-19-36-22-30-45-41(27-20-37-21-29-44(40)48(36)49(37)45)35-17-24-39(25-18-35)50-46-12-7-6-11-42(46)43-28-23-38(31-47(43)50)33-9-4-3-5-10-33/h3-7,9-31H,2,8H2,1H3. The molecule has 1 nitrogen and oxygen atoms in total. The van der Waals surface area contributed by atoms with Gasteiger partial charge in [0.1, 0.15) is 0 Å². The van der Waals surface area contributed by atoms with Crippen molar-refractivity contribution in [3.05, 3.63) is 175 Å². The van der Waals surface area contributed by atoms with Crippen molar-refractivity contribution < 1.29 is 0 Å². The highest BCUT2D eigenvalue weighted by molar-refractivity contribution is 6.27. The highest BCUT2D eigenvalue weighted by atomic mass is 15.0. The van der Waals surface area contributed by atoms with Gasteiger partial charge in [0.15, 0.2) is 0 Å². The van der Waals surface area contributed by atoms with Crippen LogP contribution in [-0.4, -0.2) is 4.57 Å². The molecular formula is C49H35N. The molecule has 0 saturated heterocycles. The molecule has 0 aliphatic carbocycles. The van der Waals surface area contributed by atoms with Crippen LogP contribution in [0.3, 0.4) is 0 Å². The van der Waals surface area contributed by atoms with Crippen molar-refractivity contribution in [2.24, 2.45) is 0 Å². The maximum atomic E-state index is 2.42. The van der Waals surface area contributed by atoms with Crippen LogP contribution < -0.4 is 0 Å². The number of nitrogens with zero attached hydrogens (tertiary/aromatic N) is 1. The predicted octanol–water partition coefficient (Wildman–Crippen LogP) is 13.6. The number of hydrogen-bond acceptors (Lipinski definition) is 0. The molecule has 0 fully saturated rings. The van der Waals surface area contributed by atoms with Crippen LogP contribution in [0.4, 0.5) is 0 Å². The largest absolute Gasteiger partial charge is 0.309 e. The number of benzene rings is 9. The van der Waals surface area contributed by atoms with Crippen molar-refractivity contribution in [2.45, 2.75) is 19.8 Å². The lowest BCUT2D eigenvalue weighted by Gasteiger charge is -2.17. The van der Waals surface area contributed by atoms with E-state index in [0.29, 0.717) is 0 Å². The molecule has 50 heavy (non-hydrogen) atoms. The van der Waals surface area contributed by atoms with Crippen molar-refractivity contribution in [3.63, 3.8) is 0 Å². The highest BCUT2D eigenvalue weighted by Gasteiger charge is 2.17. The van der Waals surface area contributed by atoms with E-state index in [9.17, 15) is 0 Å². The SMILES string of the molecule is CCCc1ccc(-c2ccc3ccc4c(-c5ccc(-n6c7ccccc7c7ccc(-c8ccccc8)cc76)cc5)ccc5ccc2c3c54)cc1. The zero-order chi connectivity index (χ0) is 33.2. The topological polar surface area (TPSA) is 4.93 Å². The number of aromatic nitrogens is 1. The van der Waals surface area contributed by atoms with Gasteiger partial charge in [-0.15, -0.1) is 0 Å². The van der Waals surface area contributed by atoms with E-state index in [1.165, 1.54) is 99.5 Å². The van der Waals surface area contributed by atoms with Crippen LogP contribution in [0.15, 0.2) is 170 Å². The summed E-state index contributed by atoms with van der Waals surface area (Å²) in [5.74, 6) is 0. The van der Waals surface area contributed by atoms with Crippen LogP contribution >= 0.6 is 0 Å². The molecule has 0 N–H and O–H groups in total. The van der Waals surface area contributed by atoms with Crippen LogP contribution in [0, 0.1) is 0 Å². The monoisotopic (exact) mass is 637 g/mol. The van der Waals surface area contributed by atoms with Crippen LogP contribution in [0.5, 0.6) is 0 Å². The van der Waals surface area contributed by atoms with E-state index >= 15 is 0 Å². The van der Waals surface area contributed by atoms with Gasteiger partial charge in [0, 0.05) is 16.5 Å². The van der Waals surface area contributed by atoms with Crippen LogP contribution in [-0.2, 0) is 6.42 Å². The quantitative estimate of drug-likeness (QED) is 0.160. The molecule has 0 saturated carbocycles. The Hall–Kier alpha value is -6.18. The van der Waals surface area contributed by atoms with Crippen molar-refractivity contribution in [2.75, 3.05) is 0 Å². The second kappa shape index (κ2) is 11.5. The first-order chi connectivity index (χ1) is 24.7. The minimum absolute atomic E-state index is 1.12. The number of rotatable bonds is 6. The summed E-state index contributed by atoms with van der Waals surface area (Å²) in [6, 6.07) is 63.1. The first-order valence-corrected chi connectivity index (χ1v) is 17.7. The van der Waals surface area contributed by atoms with Crippen LogP contribution in [0.2, 0.25) is 0 Å². The Labute approximate surface area is 292 Å². The average Bonchev–Trinajstić information content (AvgIpc) is 3.51. The summed E-state index contributed by atoms with van der Waals surface area (Å²) in [6.45, 7) is 2.24. The summed E-state index contributed by atoms with van der Waals surface area (Å²) in [4.78, 5) is 0. The molecule has 0 atom stereocenters. The fourth-order valence-corrected chi connectivity index (χ4v) is 8.29. The van der Waals surface area contributed by atoms with Gasteiger partial charge in [-0.1, -0.05) is 159 Å². The van der Waals surface area contributed by atoms with E-state index in [-0.39, 0.29) is 0 Å². The number of fused-ring (bicyclic) bond motifs is 3. The smallest absolute Gasteiger partial charge is 0.0547 e. The summed E-state index contributed by atoms with van der Waals surface area (Å²) in [7, 11) is 0. The third-order valence-electron chi connectivity index (χ3n) is 10.7. The van der Waals surface area contributed by atoms with Gasteiger partial charge in [-0.2, -0.15) is 0 Å². The second-order valence-corrected chi connectivity index (χ2v) is 13.6. The molecule has 0 radical (unpaired) electrons. The van der Waals surface area contributed by atoms with E-state index in [0.717, 1.165) is 12.1 Å². The normalized spacial score (nSPS) is 11.9. The van der Waals surface area contributed by atoms with Gasteiger partial charge in [-0.25, -0.2) is 0 Å². The zero-order valence-corrected chi connectivity index (χ0v) is 28.0. The molecule has 236 valence electrons. The Morgan fingerprint density at radius 3 is 1.60 bits per heavy atom. The van der Waals surface area contributed by atoms with Crippen molar-refractivity contribution in [1.29, 1.82) is 0 Å². The first kappa shape index (κ1) is 28.8. The van der Waals surface area contributed by atoms with Gasteiger partial charge in [-0.05, 0) is 102 Å². The molecule has 1 heterocycles.